The van der Waals surface area contributed by atoms with E-state index in [1.807, 2.05) is 6.92 Å². The van der Waals surface area contributed by atoms with E-state index in [2.05, 4.69) is 48.4 Å². The average molecular weight is 402 g/mol. The summed E-state index contributed by atoms with van der Waals surface area (Å²) in [7, 11) is 0. The number of carbonyl (C=O) groups is 1. The Bertz CT molecular complexity index is 842. The van der Waals surface area contributed by atoms with E-state index in [1.165, 1.54) is 47.7 Å². The Morgan fingerprint density at radius 1 is 1.18 bits per heavy atom. The van der Waals surface area contributed by atoms with Crippen molar-refractivity contribution in [2.24, 2.45) is 0 Å². The SMILES string of the molecule is Cc1cc(C)c([C@H](C)NC(=O)CSc2nnc(C3CCCCC3)n2N)cc1C. The van der Waals surface area contributed by atoms with Gasteiger partial charge in [-0.25, -0.2) is 4.68 Å². The lowest BCUT2D eigenvalue weighted by Crippen LogP contribution is -2.29. The van der Waals surface area contributed by atoms with Gasteiger partial charge in [-0.05, 0) is 62.8 Å². The zero-order valence-corrected chi connectivity index (χ0v) is 18.1. The van der Waals surface area contributed by atoms with Crippen LogP contribution in [0.4, 0.5) is 0 Å². The normalized spacial score (nSPS) is 16.1. The number of carbonyl (C=O) groups excluding carboxylic acids is 1. The number of nitrogens with zero attached hydrogens (tertiary/aromatic N) is 3. The first-order chi connectivity index (χ1) is 13.4. The van der Waals surface area contributed by atoms with Crippen LogP contribution in [0.2, 0.25) is 0 Å². The van der Waals surface area contributed by atoms with Gasteiger partial charge in [0, 0.05) is 5.92 Å². The molecule has 28 heavy (non-hydrogen) atoms. The van der Waals surface area contributed by atoms with Crippen LogP contribution in [0.3, 0.4) is 0 Å². The molecule has 2 aromatic rings. The van der Waals surface area contributed by atoms with Crippen LogP contribution in [0.1, 0.15) is 79.1 Å². The summed E-state index contributed by atoms with van der Waals surface area (Å²) in [5, 5.41) is 12.2. The Balaban J connectivity index is 1.57. The lowest BCUT2D eigenvalue weighted by molar-refractivity contribution is -0.119. The first kappa shape index (κ1) is 20.7. The van der Waals surface area contributed by atoms with Crippen molar-refractivity contribution in [3.8, 4) is 0 Å². The molecule has 0 radical (unpaired) electrons. The van der Waals surface area contributed by atoms with Crippen LogP contribution in [0.15, 0.2) is 17.3 Å². The maximum Gasteiger partial charge on any atom is 0.230 e. The quantitative estimate of drug-likeness (QED) is 0.566. The fourth-order valence-corrected chi connectivity index (χ4v) is 4.64. The summed E-state index contributed by atoms with van der Waals surface area (Å²) < 4.78 is 1.57. The number of nitrogens with two attached hydrogens (primary N) is 1. The number of hydrogen-bond acceptors (Lipinski definition) is 5. The lowest BCUT2D eigenvalue weighted by atomic mass is 9.89. The molecule has 1 fully saturated rings. The molecule has 1 atom stereocenters. The van der Waals surface area contributed by atoms with Crippen molar-refractivity contribution >= 4 is 17.7 Å². The Morgan fingerprint density at radius 3 is 2.57 bits per heavy atom. The highest BCUT2D eigenvalue weighted by Crippen LogP contribution is 2.32. The van der Waals surface area contributed by atoms with Crippen LogP contribution >= 0.6 is 11.8 Å². The van der Waals surface area contributed by atoms with E-state index in [0.717, 1.165) is 24.2 Å². The molecule has 152 valence electrons. The number of thioether (sulfide) groups is 1. The standard InChI is InChI=1S/C21H31N5OS/c1-13-10-15(3)18(11-14(13)2)16(4)23-19(27)12-28-21-25-24-20(26(21)22)17-8-6-5-7-9-17/h10-11,16-17H,5-9,12,22H2,1-4H3,(H,23,27)/t16-/m0/s1. The number of nitrogen functional groups attached to an aromatic ring is 1. The third-order valence-corrected chi connectivity index (χ3v) is 6.66. The number of benzene rings is 1. The van der Waals surface area contributed by atoms with Crippen molar-refractivity contribution in [2.45, 2.75) is 76.9 Å². The Morgan fingerprint density at radius 2 is 1.86 bits per heavy atom. The van der Waals surface area contributed by atoms with Gasteiger partial charge in [0.1, 0.15) is 0 Å². The summed E-state index contributed by atoms with van der Waals surface area (Å²) in [6.07, 6.45) is 5.96. The maximum atomic E-state index is 12.5. The highest BCUT2D eigenvalue weighted by molar-refractivity contribution is 7.99. The molecule has 0 bridgehead atoms. The Kier molecular flexibility index (Phi) is 6.65. The summed E-state index contributed by atoms with van der Waals surface area (Å²) in [5.74, 6) is 7.68. The monoisotopic (exact) mass is 401 g/mol. The molecule has 3 rings (SSSR count). The summed E-state index contributed by atoms with van der Waals surface area (Å²) in [6, 6.07) is 4.29. The van der Waals surface area contributed by atoms with Gasteiger partial charge in [0.05, 0.1) is 11.8 Å². The van der Waals surface area contributed by atoms with E-state index in [-0.39, 0.29) is 17.7 Å². The number of aromatic nitrogens is 3. The van der Waals surface area contributed by atoms with Gasteiger partial charge in [-0.3, -0.25) is 4.79 Å². The molecule has 1 aliphatic carbocycles. The van der Waals surface area contributed by atoms with Crippen LogP contribution in [0.5, 0.6) is 0 Å². The van der Waals surface area contributed by atoms with E-state index in [1.54, 1.807) is 4.68 Å². The van der Waals surface area contributed by atoms with Crippen molar-refractivity contribution in [3.05, 3.63) is 40.2 Å². The third kappa shape index (κ3) is 4.69. The molecular weight excluding hydrogens is 370 g/mol. The van der Waals surface area contributed by atoms with Crippen molar-refractivity contribution < 1.29 is 4.79 Å². The number of hydrogen-bond donors (Lipinski definition) is 2. The third-order valence-electron chi connectivity index (χ3n) is 5.72. The fourth-order valence-electron chi connectivity index (χ4n) is 3.97. The second-order valence-corrected chi connectivity index (χ2v) is 8.86. The van der Waals surface area contributed by atoms with Gasteiger partial charge in [0.2, 0.25) is 11.1 Å². The predicted octanol–water partition coefficient (Wildman–Crippen LogP) is 3.93. The van der Waals surface area contributed by atoms with Crippen molar-refractivity contribution in [3.63, 3.8) is 0 Å². The molecule has 1 aliphatic rings. The Labute approximate surface area is 171 Å². The molecule has 0 spiro atoms. The Hall–Kier alpha value is -2.02. The molecule has 0 aliphatic heterocycles. The number of amides is 1. The molecule has 6 nitrogen and oxygen atoms in total. The van der Waals surface area contributed by atoms with Crippen LogP contribution in [0.25, 0.3) is 0 Å². The van der Waals surface area contributed by atoms with Gasteiger partial charge >= 0.3 is 0 Å². The highest BCUT2D eigenvalue weighted by atomic mass is 32.2. The minimum Gasteiger partial charge on any atom is -0.349 e. The van der Waals surface area contributed by atoms with Crippen molar-refractivity contribution in [2.75, 3.05) is 11.6 Å². The predicted molar refractivity (Wildman–Crippen MR) is 114 cm³/mol. The molecule has 0 saturated heterocycles. The van der Waals surface area contributed by atoms with E-state index < -0.39 is 0 Å². The minimum atomic E-state index is -0.0408. The molecule has 1 aromatic carbocycles. The van der Waals surface area contributed by atoms with Gasteiger partial charge in [-0.1, -0.05) is 43.2 Å². The molecule has 0 unspecified atom stereocenters. The number of rotatable bonds is 6. The maximum absolute atomic E-state index is 12.5. The molecular formula is C21H31N5OS. The topological polar surface area (TPSA) is 85.8 Å². The second kappa shape index (κ2) is 8.99. The van der Waals surface area contributed by atoms with Gasteiger partial charge < -0.3 is 11.2 Å². The van der Waals surface area contributed by atoms with Gasteiger partial charge in [0.25, 0.3) is 0 Å². The van der Waals surface area contributed by atoms with Gasteiger partial charge in [-0.2, -0.15) is 0 Å². The molecule has 1 heterocycles. The van der Waals surface area contributed by atoms with Crippen LogP contribution in [0, 0.1) is 20.8 Å². The van der Waals surface area contributed by atoms with E-state index in [4.69, 9.17) is 5.84 Å². The van der Waals surface area contributed by atoms with Crippen LogP contribution in [-0.4, -0.2) is 26.5 Å². The summed E-state index contributed by atoms with van der Waals surface area (Å²) in [4.78, 5) is 12.5. The molecule has 1 aromatic heterocycles. The minimum absolute atomic E-state index is 0.0302. The zero-order chi connectivity index (χ0) is 20.3. The molecule has 7 heteroatoms. The first-order valence-electron chi connectivity index (χ1n) is 10.1. The molecule has 1 saturated carbocycles. The van der Waals surface area contributed by atoms with E-state index >= 15 is 0 Å². The van der Waals surface area contributed by atoms with Gasteiger partial charge in [0.15, 0.2) is 5.82 Å². The zero-order valence-electron chi connectivity index (χ0n) is 17.3. The van der Waals surface area contributed by atoms with E-state index in [0.29, 0.717) is 11.1 Å². The molecule has 3 N–H and O–H groups in total. The highest BCUT2D eigenvalue weighted by Gasteiger charge is 2.23. The number of nitrogens with one attached hydrogen (secondary N) is 1. The lowest BCUT2D eigenvalue weighted by Gasteiger charge is -2.20. The first-order valence-corrected chi connectivity index (χ1v) is 11.1. The van der Waals surface area contributed by atoms with Gasteiger partial charge in [-0.15, -0.1) is 10.2 Å². The summed E-state index contributed by atoms with van der Waals surface area (Å²) in [6.45, 7) is 8.31. The number of aryl methyl sites for hydroxylation is 3. The average Bonchev–Trinajstić information content (AvgIpc) is 3.04. The van der Waals surface area contributed by atoms with Crippen molar-refractivity contribution in [1.82, 2.24) is 20.2 Å². The van der Waals surface area contributed by atoms with Crippen LogP contribution in [-0.2, 0) is 4.79 Å². The summed E-state index contributed by atoms with van der Waals surface area (Å²) >= 11 is 1.34. The summed E-state index contributed by atoms with van der Waals surface area (Å²) in [5.41, 5.74) is 4.86. The van der Waals surface area contributed by atoms with E-state index in [9.17, 15) is 4.79 Å². The second-order valence-electron chi connectivity index (χ2n) is 7.92. The van der Waals surface area contributed by atoms with Crippen molar-refractivity contribution in [1.29, 1.82) is 0 Å². The van der Waals surface area contributed by atoms with Crippen LogP contribution < -0.4 is 11.2 Å². The molecule has 1 amide bonds. The smallest absolute Gasteiger partial charge is 0.230 e. The largest absolute Gasteiger partial charge is 0.349 e. The fraction of sp³-hybridized carbons (Fsp3) is 0.571.